The molecule has 1 aliphatic rings. The predicted octanol–water partition coefficient (Wildman–Crippen LogP) is 3.20. The number of rotatable bonds is 4. The van der Waals surface area contributed by atoms with Gasteiger partial charge in [0.05, 0.1) is 12.5 Å². The zero-order chi connectivity index (χ0) is 15.5. The fourth-order valence-corrected chi connectivity index (χ4v) is 2.70. The maximum atomic E-state index is 12.9. The minimum absolute atomic E-state index is 0. The Labute approximate surface area is 139 Å². The highest BCUT2D eigenvalue weighted by Gasteiger charge is 2.25. The van der Waals surface area contributed by atoms with E-state index in [0.29, 0.717) is 25.1 Å². The van der Waals surface area contributed by atoms with Gasteiger partial charge in [-0.3, -0.25) is 9.69 Å². The van der Waals surface area contributed by atoms with Crippen LogP contribution in [0.3, 0.4) is 0 Å². The van der Waals surface area contributed by atoms with Crippen molar-refractivity contribution in [3.63, 3.8) is 0 Å². The summed E-state index contributed by atoms with van der Waals surface area (Å²) in [5, 5.41) is 13.0. The van der Waals surface area contributed by atoms with Crippen LogP contribution in [0.25, 0.3) is 11.3 Å². The number of hydrogen-bond acceptors (Lipinski definition) is 4. The van der Waals surface area contributed by atoms with Crippen LogP contribution in [0.15, 0.2) is 34.9 Å². The molecule has 5 nitrogen and oxygen atoms in total. The lowest BCUT2D eigenvalue weighted by atomic mass is 9.97. The van der Waals surface area contributed by atoms with E-state index in [1.165, 1.54) is 12.1 Å². The van der Waals surface area contributed by atoms with E-state index in [4.69, 9.17) is 9.63 Å². The molecule has 3 rings (SSSR count). The molecule has 1 aromatic carbocycles. The first-order valence-electron chi connectivity index (χ1n) is 7.28. The van der Waals surface area contributed by atoms with Gasteiger partial charge in [-0.1, -0.05) is 5.16 Å². The van der Waals surface area contributed by atoms with Crippen LogP contribution in [-0.2, 0) is 11.3 Å². The summed E-state index contributed by atoms with van der Waals surface area (Å²) in [6, 6.07) is 7.95. The summed E-state index contributed by atoms with van der Waals surface area (Å²) < 4.78 is 18.2. The number of hydrogen-bond donors (Lipinski definition) is 1. The summed E-state index contributed by atoms with van der Waals surface area (Å²) in [4.78, 5) is 13.1. The first-order valence-corrected chi connectivity index (χ1v) is 7.28. The van der Waals surface area contributed by atoms with Crippen LogP contribution in [0.4, 0.5) is 4.39 Å². The fourth-order valence-electron chi connectivity index (χ4n) is 2.70. The first kappa shape index (κ1) is 17.4. The summed E-state index contributed by atoms with van der Waals surface area (Å²) >= 11 is 0. The molecule has 2 aromatic rings. The Kier molecular flexibility index (Phi) is 5.74. The van der Waals surface area contributed by atoms with Crippen LogP contribution in [0, 0.1) is 11.7 Å². The van der Waals surface area contributed by atoms with Gasteiger partial charge in [0, 0.05) is 11.6 Å². The summed E-state index contributed by atoms with van der Waals surface area (Å²) in [5.74, 6) is -0.500. The minimum atomic E-state index is -0.710. The second kappa shape index (κ2) is 7.57. The van der Waals surface area contributed by atoms with Gasteiger partial charge in [0.2, 0.25) is 0 Å². The molecule has 0 aliphatic carbocycles. The van der Waals surface area contributed by atoms with Gasteiger partial charge in [0.15, 0.2) is 5.76 Å². The van der Waals surface area contributed by atoms with Crippen molar-refractivity contribution >= 4 is 18.4 Å². The third kappa shape index (κ3) is 4.30. The van der Waals surface area contributed by atoms with Gasteiger partial charge in [0.1, 0.15) is 11.5 Å². The molecule has 1 aromatic heterocycles. The molecule has 2 heterocycles. The molecule has 0 radical (unpaired) electrons. The summed E-state index contributed by atoms with van der Waals surface area (Å²) in [5.41, 5.74) is 1.48. The van der Waals surface area contributed by atoms with E-state index in [2.05, 4.69) is 10.1 Å². The predicted molar refractivity (Wildman–Crippen MR) is 84.8 cm³/mol. The number of carboxylic acid groups (broad SMARTS) is 1. The Morgan fingerprint density at radius 1 is 1.30 bits per heavy atom. The van der Waals surface area contributed by atoms with E-state index in [1.807, 2.05) is 6.07 Å². The van der Waals surface area contributed by atoms with Crippen molar-refractivity contribution in [3.8, 4) is 11.3 Å². The summed E-state index contributed by atoms with van der Waals surface area (Å²) in [7, 11) is 0. The Morgan fingerprint density at radius 3 is 2.57 bits per heavy atom. The van der Waals surface area contributed by atoms with Gasteiger partial charge in [-0.25, -0.2) is 4.39 Å². The molecule has 1 saturated heterocycles. The molecule has 0 bridgehead atoms. The molecule has 1 aliphatic heterocycles. The van der Waals surface area contributed by atoms with E-state index >= 15 is 0 Å². The Bertz CT molecular complexity index is 652. The van der Waals surface area contributed by atoms with Gasteiger partial charge in [-0.2, -0.15) is 0 Å². The lowest BCUT2D eigenvalue weighted by molar-refractivity contribution is -0.143. The molecule has 7 heteroatoms. The van der Waals surface area contributed by atoms with Crippen LogP contribution >= 0.6 is 12.4 Å². The number of likely N-dealkylation sites (tertiary alicyclic amines) is 1. The van der Waals surface area contributed by atoms with Crippen molar-refractivity contribution in [2.45, 2.75) is 19.4 Å². The van der Waals surface area contributed by atoms with Crippen molar-refractivity contribution in [3.05, 3.63) is 41.9 Å². The van der Waals surface area contributed by atoms with Crippen LogP contribution in [-0.4, -0.2) is 34.2 Å². The van der Waals surface area contributed by atoms with Crippen molar-refractivity contribution in [2.75, 3.05) is 13.1 Å². The smallest absolute Gasteiger partial charge is 0.306 e. The highest BCUT2D eigenvalue weighted by molar-refractivity contribution is 5.85. The van der Waals surface area contributed by atoms with Gasteiger partial charge in [0.25, 0.3) is 0 Å². The van der Waals surface area contributed by atoms with Crippen LogP contribution in [0.5, 0.6) is 0 Å². The van der Waals surface area contributed by atoms with E-state index in [0.717, 1.165) is 24.4 Å². The topological polar surface area (TPSA) is 66.6 Å². The molecule has 0 spiro atoms. The largest absolute Gasteiger partial charge is 0.481 e. The van der Waals surface area contributed by atoms with E-state index in [9.17, 15) is 9.18 Å². The maximum absolute atomic E-state index is 12.9. The average molecular weight is 341 g/mol. The Balaban J connectivity index is 0.00000192. The molecule has 1 fully saturated rings. The molecule has 23 heavy (non-hydrogen) atoms. The summed E-state index contributed by atoms with van der Waals surface area (Å²) in [6.45, 7) is 2.09. The number of carboxylic acids is 1. The number of halogens is 2. The van der Waals surface area contributed by atoms with E-state index < -0.39 is 5.97 Å². The minimum Gasteiger partial charge on any atom is -0.481 e. The Hall–Kier alpha value is -1.92. The highest BCUT2D eigenvalue weighted by Crippen LogP contribution is 2.22. The first-order chi connectivity index (χ1) is 10.6. The number of aliphatic carboxylic acids is 1. The van der Waals surface area contributed by atoms with Crippen LogP contribution < -0.4 is 0 Å². The molecule has 0 atom stereocenters. The number of piperidine rings is 1. The standard InChI is InChI=1S/C16H17FN2O3.ClH/c17-13-3-1-11(2-4-13)15-9-14(22-18-15)10-19-7-5-12(6-8-19)16(20)21;/h1-4,9,12H,5-8,10H2,(H,20,21);1H. The quantitative estimate of drug-likeness (QED) is 0.925. The molecule has 0 saturated carbocycles. The SMILES string of the molecule is Cl.O=C(O)C1CCN(Cc2cc(-c3ccc(F)cc3)no2)CC1. The molecule has 124 valence electrons. The van der Waals surface area contributed by atoms with Gasteiger partial charge in [-0.05, 0) is 50.2 Å². The fraction of sp³-hybridized carbons (Fsp3) is 0.375. The third-order valence-corrected chi connectivity index (χ3v) is 4.02. The number of nitrogens with zero attached hydrogens (tertiary/aromatic N) is 2. The van der Waals surface area contributed by atoms with Crippen LogP contribution in [0.1, 0.15) is 18.6 Å². The van der Waals surface area contributed by atoms with Crippen molar-refractivity contribution < 1.29 is 18.8 Å². The highest BCUT2D eigenvalue weighted by atomic mass is 35.5. The van der Waals surface area contributed by atoms with Gasteiger partial charge >= 0.3 is 5.97 Å². The second-order valence-corrected chi connectivity index (χ2v) is 5.57. The molecule has 1 N–H and O–H groups in total. The molecule has 0 unspecified atom stereocenters. The molecule has 0 amide bonds. The van der Waals surface area contributed by atoms with Crippen molar-refractivity contribution in [2.24, 2.45) is 5.92 Å². The molecular weight excluding hydrogens is 323 g/mol. The number of benzene rings is 1. The third-order valence-electron chi connectivity index (χ3n) is 4.02. The van der Waals surface area contributed by atoms with E-state index in [1.54, 1.807) is 12.1 Å². The van der Waals surface area contributed by atoms with Crippen molar-refractivity contribution in [1.82, 2.24) is 10.1 Å². The van der Waals surface area contributed by atoms with Gasteiger partial charge in [-0.15, -0.1) is 12.4 Å². The van der Waals surface area contributed by atoms with E-state index in [-0.39, 0.29) is 24.1 Å². The Morgan fingerprint density at radius 2 is 1.96 bits per heavy atom. The monoisotopic (exact) mass is 340 g/mol. The molecular formula is C16H18ClFN2O3. The number of carbonyl (C=O) groups is 1. The zero-order valence-corrected chi connectivity index (χ0v) is 13.3. The number of aromatic nitrogens is 1. The lowest BCUT2D eigenvalue weighted by Gasteiger charge is -2.28. The van der Waals surface area contributed by atoms with Crippen LogP contribution in [0.2, 0.25) is 0 Å². The second-order valence-electron chi connectivity index (χ2n) is 5.57. The average Bonchev–Trinajstić information content (AvgIpc) is 2.97. The maximum Gasteiger partial charge on any atom is 0.306 e. The summed E-state index contributed by atoms with van der Waals surface area (Å²) in [6.07, 6.45) is 1.32. The normalized spacial score (nSPS) is 16.0. The zero-order valence-electron chi connectivity index (χ0n) is 12.4. The van der Waals surface area contributed by atoms with Crippen molar-refractivity contribution in [1.29, 1.82) is 0 Å². The lowest BCUT2D eigenvalue weighted by Crippen LogP contribution is -2.35. The van der Waals surface area contributed by atoms with Gasteiger partial charge < -0.3 is 9.63 Å².